The summed E-state index contributed by atoms with van der Waals surface area (Å²) in [6.07, 6.45) is 0. The number of hydrogen-bond donors (Lipinski definition) is 0. The molecule has 0 N–H and O–H groups in total. The Bertz CT molecular complexity index is 1260. The highest BCUT2D eigenvalue weighted by Crippen LogP contribution is 2.53. The van der Waals surface area contributed by atoms with Gasteiger partial charge in [0.1, 0.15) is 23.2 Å². The van der Waals surface area contributed by atoms with Gasteiger partial charge in [0.15, 0.2) is 0 Å². The van der Waals surface area contributed by atoms with E-state index in [1.807, 2.05) is 0 Å². The normalized spacial score (nSPS) is 11.1. The molecule has 0 radical (unpaired) electrons. The van der Waals surface area contributed by atoms with Crippen molar-refractivity contribution < 1.29 is 17.0 Å². The molecule has 152 valence electrons. The molecule has 0 aromatic heterocycles. The predicted octanol–water partition coefficient (Wildman–Crippen LogP) is 3.43. The van der Waals surface area contributed by atoms with Gasteiger partial charge in [-0.2, -0.15) is 0 Å². The summed E-state index contributed by atoms with van der Waals surface area (Å²) >= 11 is 0. The minimum absolute atomic E-state index is 0. The highest BCUT2D eigenvalue weighted by atomic mass is 79.9. The summed E-state index contributed by atoms with van der Waals surface area (Å²) < 4.78 is 0. The van der Waals surface area contributed by atoms with E-state index in [1.165, 1.54) is 37.8 Å². The van der Waals surface area contributed by atoms with Crippen molar-refractivity contribution in [2.75, 3.05) is 6.66 Å². The summed E-state index contributed by atoms with van der Waals surface area (Å²) in [7, 11) is -1.79. The van der Waals surface area contributed by atoms with E-state index in [0.29, 0.717) is 0 Å². The van der Waals surface area contributed by atoms with Gasteiger partial charge in [0.25, 0.3) is 0 Å². The second kappa shape index (κ2) is 9.18. The highest BCUT2D eigenvalue weighted by molar-refractivity contribution is 7.95. The van der Waals surface area contributed by atoms with Crippen LogP contribution in [0.2, 0.25) is 0 Å². The Hall–Kier alpha value is -2.73. The molecule has 5 aromatic carbocycles. The van der Waals surface area contributed by atoms with Gasteiger partial charge in [-0.1, -0.05) is 91.0 Å². The van der Waals surface area contributed by atoms with Crippen LogP contribution in [0.15, 0.2) is 127 Å². The van der Waals surface area contributed by atoms with Gasteiger partial charge >= 0.3 is 0 Å². The molecule has 5 aromatic rings. The maximum absolute atomic E-state index is 2.46. The molecule has 2 heteroatoms. The van der Waals surface area contributed by atoms with Crippen molar-refractivity contribution in [3.05, 3.63) is 127 Å². The number of hydrogen-bond acceptors (Lipinski definition) is 0. The number of halogens is 1. The van der Waals surface area contributed by atoms with Gasteiger partial charge in [-0.3, -0.25) is 0 Å². The minimum Gasteiger partial charge on any atom is -1.00 e. The lowest BCUT2D eigenvalue weighted by Gasteiger charge is -2.25. The largest absolute Gasteiger partial charge is 1.00 e. The summed E-state index contributed by atoms with van der Waals surface area (Å²) in [5.74, 6) is 0. The quantitative estimate of drug-likeness (QED) is 0.344. The molecule has 0 aliphatic carbocycles. The Morgan fingerprint density at radius 2 is 1.00 bits per heavy atom. The molecule has 5 rings (SSSR count). The first kappa shape index (κ1) is 21.5. The van der Waals surface area contributed by atoms with E-state index in [-0.39, 0.29) is 17.0 Å². The molecule has 0 nitrogen and oxygen atoms in total. The van der Waals surface area contributed by atoms with Crippen LogP contribution in [0.3, 0.4) is 0 Å². The van der Waals surface area contributed by atoms with Gasteiger partial charge in [-0.15, -0.1) is 0 Å². The van der Waals surface area contributed by atoms with E-state index in [4.69, 9.17) is 0 Å². The fraction of sp³-hybridized carbons (Fsp3) is 0.0345. The third-order valence-electron chi connectivity index (χ3n) is 5.99. The summed E-state index contributed by atoms with van der Waals surface area (Å²) in [6, 6.07) is 46.4. The van der Waals surface area contributed by atoms with Crippen molar-refractivity contribution in [2.45, 2.75) is 0 Å². The SMILES string of the molecule is C[P+](c1ccccc1)(c1ccccc1)c1ccccc1-c1ccc2ccccc2c1.[Br-]. The first-order valence-corrected chi connectivity index (χ1v) is 12.6. The molecule has 0 saturated carbocycles. The fourth-order valence-electron chi connectivity index (χ4n) is 4.34. The smallest absolute Gasteiger partial charge is 0.112 e. The van der Waals surface area contributed by atoms with Gasteiger partial charge in [-0.25, -0.2) is 0 Å². The van der Waals surface area contributed by atoms with Crippen molar-refractivity contribution in [3.63, 3.8) is 0 Å². The molecule has 0 unspecified atom stereocenters. The first-order chi connectivity index (χ1) is 14.8. The fourth-order valence-corrected chi connectivity index (χ4v) is 7.81. The molecule has 0 atom stereocenters. The molecular formula is C29H24BrP. The molecule has 0 saturated heterocycles. The minimum atomic E-state index is -1.79. The number of benzene rings is 5. The average Bonchev–Trinajstić information content (AvgIpc) is 2.84. The zero-order valence-corrected chi connectivity index (χ0v) is 19.9. The zero-order chi connectivity index (χ0) is 20.4. The third-order valence-corrected chi connectivity index (χ3v) is 10.0. The Kier molecular flexibility index (Phi) is 6.37. The Morgan fingerprint density at radius 3 is 1.65 bits per heavy atom. The Balaban J connectivity index is 0.00000231. The van der Waals surface area contributed by atoms with E-state index in [1.54, 1.807) is 0 Å². The Labute approximate surface area is 195 Å². The van der Waals surface area contributed by atoms with Crippen molar-refractivity contribution >= 4 is 33.9 Å². The maximum Gasteiger partial charge on any atom is 0.112 e. The van der Waals surface area contributed by atoms with Gasteiger partial charge in [0.05, 0.1) is 6.66 Å². The van der Waals surface area contributed by atoms with Crippen LogP contribution in [0.25, 0.3) is 21.9 Å². The van der Waals surface area contributed by atoms with E-state index >= 15 is 0 Å². The maximum atomic E-state index is 2.46. The molecule has 0 aliphatic heterocycles. The lowest BCUT2D eigenvalue weighted by atomic mass is 10.0. The number of fused-ring (bicyclic) bond motifs is 1. The van der Waals surface area contributed by atoms with Gasteiger partial charge in [-0.05, 0) is 52.7 Å². The third kappa shape index (κ3) is 3.97. The van der Waals surface area contributed by atoms with E-state index in [9.17, 15) is 0 Å². The molecular weight excluding hydrogens is 459 g/mol. The lowest BCUT2D eigenvalue weighted by molar-refractivity contribution is -0.00000571. The van der Waals surface area contributed by atoms with Crippen LogP contribution < -0.4 is 32.9 Å². The molecule has 0 heterocycles. The Morgan fingerprint density at radius 1 is 0.484 bits per heavy atom. The summed E-state index contributed by atoms with van der Waals surface area (Å²) in [5.41, 5.74) is 2.61. The second-order valence-electron chi connectivity index (χ2n) is 7.76. The standard InChI is InChI=1S/C29H24P.BrH/c1-30(26-14-4-2-5-15-26,27-16-6-3-7-17-27)29-19-11-10-18-28(29)25-21-20-23-12-8-9-13-24(23)22-25;/h2-22H,1H3;1H/q+1;/p-1. The summed E-state index contributed by atoms with van der Waals surface area (Å²) in [6.45, 7) is 2.46. The summed E-state index contributed by atoms with van der Waals surface area (Å²) in [4.78, 5) is 0. The van der Waals surface area contributed by atoms with E-state index in [0.717, 1.165) is 0 Å². The predicted molar refractivity (Wildman–Crippen MR) is 134 cm³/mol. The van der Waals surface area contributed by atoms with Crippen molar-refractivity contribution in [3.8, 4) is 11.1 Å². The van der Waals surface area contributed by atoms with Crippen molar-refractivity contribution in [1.82, 2.24) is 0 Å². The van der Waals surface area contributed by atoms with Gasteiger partial charge in [0.2, 0.25) is 0 Å². The second-order valence-corrected chi connectivity index (χ2v) is 11.3. The van der Waals surface area contributed by atoms with Gasteiger partial charge in [0, 0.05) is 5.56 Å². The van der Waals surface area contributed by atoms with Crippen LogP contribution in [0.4, 0.5) is 0 Å². The molecule has 0 bridgehead atoms. The topological polar surface area (TPSA) is 0 Å². The average molecular weight is 483 g/mol. The number of rotatable bonds is 4. The van der Waals surface area contributed by atoms with Crippen molar-refractivity contribution in [1.29, 1.82) is 0 Å². The molecule has 0 aliphatic rings. The molecule has 31 heavy (non-hydrogen) atoms. The molecule has 0 spiro atoms. The highest BCUT2D eigenvalue weighted by Gasteiger charge is 2.41. The first-order valence-electron chi connectivity index (χ1n) is 10.3. The van der Waals surface area contributed by atoms with Crippen LogP contribution in [-0.2, 0) is 0 Å². The van der Waals surface area contributed by atoms with Crippen LogP contribution in [0, 0.1) is 0 Å². The van der Waals surface area contributed by atoms with Crippen molar-refractivity contribution in [2.24, 2.45) is 0 Å². The van der Waals surface area contributed by atoms with Crippen LogP contribution >= 0.6 is 7.26 Å². The zero-order valence-electron chi connectivity index (χ0n) is 17.4. The van der Waals surface area contributed by atoms with Gasteiger partial charge < -0.3 is 17.0 Å². The molecule has 0 amide bonds. The molecule has 0 fully saturated rings. The van der Waals surface area contributed by atoms with Crippen LogP contribution in [-0.4, -0.2) is 6.66 Å². The van der Waals surface area contributed by atoms with Crippen LogP contribution in [0.1, 0.15) is 0 Å². The lowest BCUT2D eigenvalue weighted by Crippen LogP contribution is -3.00. The van der Waals surface area contributed by atoms with Crippen LogP contribution in [0.5, 0.6) is 0 Å². The monoisotopic (exact) mass is 482 g/mol. The summed E-state index contributed by atoms with van der Waals surface area (Å²) in [5, 5.41) is 6.80. The van der Waals surface area contributed by atoms with E-state index in [2.05, 4.69) is 134 Å². The van der Waals surface area contributed by atoms with E-state index < -0.39 is 7.26 Å².